The van der Waals surface area contributed by atoms with E-state index in [2.05, 4.69) is 5.32 Å². The molecule has 1 saturated heterocycles. The van der Waals surface area contributed by atoms with Crippen LogP contribution >= 0.6 is 0 Å². The molecule has 2 fully saturated rings. The fourth-order valence-corrected chi connectivity index (χ4v) is 2.69. The van der Waals surface area contributed by atoms with Gasteiger partial charge < -0.3 is 10.1 Å². The largest absolute Gasteiger partial charge is 0.466 e. The first kappa shape index (κ1) is 9.97. The second kappa shape index (κ2) is 3.89. The summed E-state index contributed by atoms with van der Waals surface area (Å²) in [5, 5.41) is 3.55. The molecule has 0 radical (unpaired) electrons. The van der Waals surface area contributed by atoms with Crippen LogP contribution in [0.25, 0.3) is 0 Å². The van der Waals surface area contributed by atoms with Crippen LogP contribution in [0.1, 0.15) is 39.0 Å². The zero-order valence-corrected chi connectivity index (χ0v) is 8.84. The van der Waals surface area contributed by atoms with Gasteiger partial charge in [0.05, 0.1) is 12.5 Å². The Bertz CT molecular complexity index is 213. The number of hydrogen-bond donors (Lipinski definition) is 1. The summed E-state index contributed by atoms with van der Waals surface area (Å²) in [6.07, 6.45) is 5.81. The van der Waals surface area contributed by atoms with E-state index in [9.17, 15) is 4.79 Å². The summed E-state index contributed by atoms with van der Waals surface area (Å²) in [6, 6.07) is 0. The molecule has 0 bridgehead atoms. The molecule has 0 atom stereocenters. The molecule has 80 valence electrons. The van der Waals surface area contributed by atoms with Crippen molar-refractivity contribution in [3.05, 3.63) is 0 Å². The molecule has 14 heavy (non-hydrogen) atoms. The first-order valence-electron chi connectivity index (χ1n) is 5.67. The van der Waals surface area contributed by atoms with Crippen LogP contribution in [0, 0.1) is 5.92 Å². The Kier molecular flexibility index (Phi) is 2.77. The normalized spacial score (nSPS) is 36.5. The second-order valence-electron chi connectivity index (χ2n) is 4.52. The SMILES string of the molecule is CCOC(=O)C1CC2(CCCCN2)C1. The van der Waals surface area contributed by atoms with E-state index in [4.69, 9.17) is 4.74 Å². The van der Waals surface area contributed by atoms with E-state index in [1.165, 1.54) is 19.3 Å². The lowest BCUT2D eigenvalue weighted by Crippen LogP contribution is -2.59. The number of ether oxygens (including phenoxy) is 1. The predicted octanol–water partition coefficient (Wildman–Crippen LogP) is 1.47. The highest BCUT2D eigenvalue weighted by Crippen LogP contribution is 2.43. The Balaban J connectivity index is 1.79. The predicted molar refractivity (Wildman–Crippen MR) is 53.9 cm³/mol. The van der Waals surface area contributed by atoms with Crippen LogP contribution in [-0.2, 0) is 9.53 Å². The van der Waals surface area contributed by atoms with Crippen molar-refractivity contribution in [2.24, 2.45) is 5.92 Å². The van der Waals surface area contributed by atoms with Gasteiger partial charge in [-0.05, 0) is 39.2 Å². The standard InChI is InChI=1S/C11H19NO2/c1-2-14-10(13)9-7-11(8-9)5-3-4-6-12-11/h9,12H,2-8H2,1H3. The molecule has 0 aromatic carbocycles. The molecule has 1 saturated carbocycles. The van der Waals surface area contributed by atoms with E-state index in [0.717, 1.165) is 19.4 Å². The van der Waals surface area contributed by atoms with Crippen LogP contribution in [0.3, 0.4) is 0 Å². The minimum Gasteiger partial charge on any atom is -0.466 e. The number of piperidine rings is 1. The highest BCUT2D eigenvalue weighted by Gasteiger charge is 2.48. The van der Waals surface area contributed by atoms with E-state index >= 15 is 0 Å². The molecule has 0 aromatic heterocycles. The molecule has 0 unspecified atom stereocenters. The Hall–Kier alpha value is -0.570. The van der Waals surface area contributed by atoms with Gasteiger partial charge in [0, 0.05) is 5.54 Å². The highest BCUT2D eigenvalue weighted by molar-refractivity contribution is 5.74. The van der Waals surface area contributed by atoms with E-state index in [0.29, 0.717) is 12.1 Å². The van der Waals surface area contributed by atoms with Gasteiger partial charge in [0.25, 0.3) is 0 Å². The molecule has 2 aliphatic rings. The number of carbonyl (C=O) groups is 1. The van der Waals surface area contributed by atoms with Crippen LogP contribution in [-0.4, -0.2) is 24.7 Å². The van der Waals surface area contributed by atoms with Crippen molar-refractivity contribution in [3.63, 3.8) is 0 Å². The van der Waals surface area contributed by atoms with Gasteiger partial charge in [-0.2, -0.15) is 0 Å². The Morgan fingerprint density at radius 3 is 2.86 bits per heavy atom. The Morgan fingerprint density at radius 1 is 1.50 bits per heavy atom. The molecule has 2 rings (SSSR count). The summed E-state index contributed by atoms with van der Waals surface area (Å²) in [6.45, 7) is 3.50. The summed E-state index contributed by atoms with van der Waals surface area (Å²) < 4.78 is 5.01. The minimum atomic E-state index is 0.00509. The maximum absolute atomic E-state index is 11.4. The quantitative estimate of drug-likeness (QED) is 0.681. The van der Waals surface area contributed by atoms with Gasteiger partial charge in [-0.25, -0.2) is 0 Å². The molecule has 3 heteroatoms. The van der Waals surface area contributed by atoms with Crippen molar-refractivity contribution < 1.29 is 9.53 Å². The van der Waals surface area contributed by atoms with Gasteiger partial charge in [-0.15, -0.1) is 0 Å². The van der Waals surface area contributed by atoms with Crippen molar-refractivity contribution in [2.45, 2.75) is 44.6 Å². The number of hydrogen-bond acceptors (Lipinski definition) is 3. The molecule has 1 heterocycles. The lowest BCUT2D eigenvalue weighted by molar-refractivity contribution is -0.154. The molecule has 1 aliphatic carbocycles. The molecular formula is C11H19NO2. The van der Waals surface area contributed by atoms with Gasteiger partial charge in [0.1, 0.15) is 0 Å². The summed E-state index contributed by atoms with van der Waals surface area (Å²) in [7, 11) is 0. The average Bonchev–Trinajstić information content (AvgIpc) is 2.16. The van der Waals surface area contributed by atoms with Gasteiger partial charge in [0.2, 0.25) is 0 Å². The van der Waals surface area contributed by atoms with Crippen molar-refractivity contribution in [1.82, 2.24) is 5.32 Å². The summed E-state index contributed by atoms with van der Waals surface area (Å²) in [4.78, 5) is 11.4. The zero-order chi connectivity index (χ0) is 10.0. The average molecular weight is 197 g/mol. The smallest absolute Gasteiger partial charge is 0.309 e. The third-order valence-electron chi connectivity index (χ3n) is 3.48. The molecule has 1 aliphatic heterocycles. The number of rotatable bonds is 2. The molecule has 1 N–H and O–H groups in total. The second-order valence-corrected chi connectivity index (χ2v) is 4.52. The fourth-order valence-electron chi connectivity index (χ4n) is 2.69. The van der Waals surface area contributed by atoms with Gasteiger partial charge in [-0.1, -0.05) is 6.42 Å². The first-order valence-corrected chi connectivity index (χ1v) is 5.67. The maximum Gasteiger partial charge on any atom is 0.309 e. The van der Waals surface area contributed by atoms with E-state index in [-0.39, 0.29) is 11.9 Å². The molecule has 1 spiro atoms. The number of carbonyl (C=O) groups excluding carboxylic acids is 1. The van der Waals surface area contributed by atoms with Crippen molar-refractivity contribution in [2.75, 3.05) is 13.2 Å². The fraction of sp³-hybridized carbons (Fsp3) is 0.909. The molecule has 0 amide bonds. The lowest BCUT2D eigenvalue weighted by atomic mass is 9.64. The number of nitrogens with one attached hydrogen (secondary N) is 1. The molecule has 0 aromatic rings. The summed E-state index contributed by atoms with van der Waals surface area (Å²) >= 11 is 0. The van der Waals surface area contributed by atoms with E-state index < -0.39 is 0 Å². The van der Waals surface area contributed by atoms with E-state index in [1.54, 1.807) is 0 Å². The molecule has 3 nitrogen and oxygen atoms in total. The third-order valence-corrected chi connectivity index (χ3v) is 3.48. The minimum absolute atomic E-state index is 0.00509. The van der Waals surface area contributed by atoms with Gasteiger partial charge >= 0.3 is 5.97 Å². The van der Waals surface area contributed by atoms with Gasteiger partial charge in [0.15, 0.2) is 0 Å². The van der Waals surface area contributed by atoms with Crippen LogP contribution in [0.5, 0.6) is 0 Å². The monoisotopic (exact) mass is 197 g/mol. The van der Waals surface area contributed by atoms with Crippen LogP contribution in [0.15, 0.2) is 0 Å². The van der Waals surface area contributed by atoms with Crippen molar-refractivity contribution >= 4 is 5.97 Å². The number of esters is 1. The molecular weight excluding hydrogens is 178 g/mol. The van der Waals surface area contributed by atoms with Crippen molar-refractivity contribution in [1.29, 1.82) is 0 Å². The maximum atomic E-state index is 11.4. The Morgan fingerprint density at radius 2 is 2.29 bits per heavy atom. The van der Waals surface area contributed by atoms with Crippen molar-refractivity contribution in [3.8, 4) is 0 Å². The van der Waals surface area contributed by atoms with Crippen LogP contribution in [0.4, 0.5) is 0 Å². The van der Waals surface area contributed by atoms with Crippen LogP contribution in [0.2, 0.25) is 0 Å². The summed E-state index contributed by atoms with van der Waals surface area (Å²) in [5.41, 5.74) is 0.301. The highest BCUT2D eigenvalue weighted by atomic mass is 16.5. The van der Waals surface area contributed by atoms with Crippen LogP contribution < -0.4 is 5.32 Å². The topological polar surface area (TPSA) is 38.3 Å². The Labute approximate surface area is 85.2 Å². The van der Waals surface area contributed by atoms with Gasteiger partial charge in [-0.3, -0.25) is 4.79 Å². The zero-order valence-electron chi connectivity index (χ0n) is 8.84. The summed E-state index contributed by atoms with van der Waals surface area (Å²) in [5.74, 6) is 0.172. The third kappa shape index (κ3) is 1.78. The first-order chi connectivity index (χ1) is 6.76. The lowest BCUT2D eigenvalue weighted by Gasteiger charge is -2.49. The van der Waals surface area contributed by atoms with E-state index in [1.807, 2.05) is 6.92 Å².